The van der Waals surface area contributed by atoms with Crippen molar-refractivity contribution in [1.29, 1.82) is 0 Å². The first-order chi connectivity index (χ1) is 8.70. The van der Waals surface area contributed by atoms with Crippen LogP contribution >= 0.6 is 11.6 Å². The monoisotopic (exact) mass is 262 g/mol. The Kier molecular flexibility index (Phi) is 3.74. The van der Waals surface area contributed by atoms with E-state index in [1.165, 1.54) is 6.20 Å². The van der Waals surface area contributed by atoms with Gasteiger partial charge in [0.2, 0.25) is 0 Å². The molecule has 92 valence electrons. The van der Waals surface area contributed by atoms with E-state index in [2.05, 4.69) is 20.8 Å². The minimum Gasteiger partial charge on any atom is -0.387 e. The minimum atomic E-state index is -0.289. The highest BCUT2D eigenvalue weighted by Gasteiger charge is 2.12. The summed E-state index contributed by atoms with van der Waals surface area (Å²) in [6, 6.07) is 8.41. The van der Waals surface area contributed by atoms with E-state index in [0.29, 0.717) is 22.1 Å². The molecule has 1 aromatic heterocycles. The highest BCUT2D eigenvalue weighted by Crippen LogP contribution is 2.21. The van der Waals surface area contributed by atoms with Crippen molar-refractivity contribution in [2.45, 2.75) is 0 Å². The molecule has 0 radical (unpaired) electrons. The van der Waals surface area contributed by atoms with Crippen LogP contribution in [0.15, 0.2) is 36.5 Å². The van der Waals surface area contributed by atoms with Crippen molar-refractivity contribution in [3.05, 3.63) is 47.1 Å². The number of carbonyl (C=O) groups is 1. The van der Waals surface area contributed by atoms with Crippen molar-refractivity contribution in [1.82, 2.24) is 10.2 Å². The summed E-state index contributed by atoms with van der Waals surface area (Å²) in [6.45, 7) is 0. The average Bonchev–Trinajstić information content (AvgIpc) is 2.40. The van der Waals surface area contributed by atoms with Gasteiger partial charge in [-0.3, -0.25) is 4.79 Å². The van der Waals surface area contributed by atoms with Crippen LogP contribution in [0.4, 0.5) is 11.5 Å². The first-order valence-electron chi connectivity index (χ1n) is 5.27. The summed E-state index contributed by atoms with van der Waals surface area (Å²) in [5.41, 5.74) is 1.15. The maximum absolute atomic E-state index is 12.1. The van der Waals surface area contributed by atoms with Crippen LogP contribution in [-0.4, -0.2) is 23.2 Å². The molecule has 0 aliphatic rings. The van der Waals surface area contributed by atoms with Gasteiger partial charge in [0.1, 0.15) is 0 Å². The number of nitrogens with zero attached hydrogens (tertiary/aromatic N) is 2. The van der Waals surface area contributed by atoms with Gasteiger partial charge in [0.15, 0.2) is 5.82 Å². The van der Waals surface area contributed by atoms with Crippen LogP contribution in [0.5, 0.6) is 0 Å². The molecule has 0 bridgehead atoms. The average molecular weight is 263 g/mol. The summed E-state index contributed by atoms with van der Waals surface area (Å²) in [5, 5.41) is 13.6. The second-order valence-electron chi connectivity index (χ2n) is 3.50. The predicted octanol–water partition coefficient (Wildman–Crippen LogP) is 2.42. The fourth-order valence-corrected chi connectivity index (χ4v) is 1.65. The third kappa shape index (κ3) is 2.75. The Bertz CT molecular complexity index is 559. The highest BCUT2D eigenvalue weighted by molar-refractivity contribution is 6.31. The van der Waals surface area contributed by atoms with Crippen molar-refractivity contribution in [2.24, 2.45) is 0 Å². The van der Waals surface area contributed by atoms with Crippen LogP contribution < -0.4 is 10.6 Å². The standard InChI is InChI=1S/C12H11ClN4O/c1-14-10-5-4-8(13)7-9(10)12(18)16-11-3-2-6-15-17-11/h2-7,14H,1H3,(H,16,17,18). The van der Waals surface area contributed by atoms with Crippen molar-refractivity contribution in [3.8, 4) is 0 Å². The van der Waals surface area contributed by atoms with Gasteiger partial charge in [0, 0.05) is 24.0 Å². The highest BCUT2D eigenvalue weighted by atomic mass is 35.5. The van der Waals surface area contributed by atoms with Crippen LogP contribution in [0.3, 0.4) is 0 Å². The normalized spacial score (nSPS) is 9.89. The third-order valence-electron chi connectivity index (χ3n) is 2.31. The van der Waals surface area contributed by atoms with E-state index >= 15 is 0 Å². The second-order valence-corrected chi connectivity index (χ2v) is 3.94. The second kappa shape index (κ2) is 5.46. The Balaban J connectivity index is 2.26. The van der Waals surface area contributed by atoms with Gasteiger partial charge in [0.05, 0.1) is 5.56 Å². The summed E-state index contributed by atoms with van der Waals surface area (Å²) < 4.78 is 0. The lowest BCUT2D eigenvalue weighted by atomic mass is 10.1. The fourth-order valence-electron chi connectivity index (χ4n) is 1.47. The van der Waals surface area contributed by atoms with Gasteiger partial charge in [0.25, 0.3) is 5.91 Å². The number of anilines is 2. The lowest BCUT2D eigenvalue weighted by Gasteiger charge is -2.09. The topological polar surface area (TPSA) is 66.9 Å². The van der Waals surface area contributed by atoms with Crippen LogP contribution in [0.25, 0.3) is 0 Å². The molecule has 2 rings (SSSR count). The molecule has 0 aliphatic heterocycles. The van der Waals surface area contributed by atoms with Crippen molar-refractivity contribution < 1.29 is 4.79 Å². The lowest BCUT2D eigenvalue weighted by Crippen LogP contribution is -2.15. The summed E-state index contributed by atoms with van der Waals surface area (Å²) in [6.07, 6.45) is 1.54. The summed E-state index contributed by atoms with van der Waals surface area (Å²) in [4.78, 5) is 12.1. The van der Waals surface area contributed by atoms with Crippen LogP contribution in [-0.2, 0) is 0 Å². The zero-order chi connectivity index (χ0) is 13.0. The molecular formula is C12H11ClN4O. The van der Waals surface area contributed by atoms with E-state index in [9.17, 15) is 4.79 Å². The number of amides is 1. The molecule has 0 aliphatic carbocycles. The van der Waals surface area contributed by atoms with Crippen molar-refractivity contribution >= 4 is 29.0 Å². The molecule has 6 heteroatoms. The van der Waals surface area contributed by atoms with Gasteiger partial charge in [-0.25, -0.2) is 0 Å². The molecule has 1 heterocycles. The van der Waals surface area contributed by atoms with Gasteiger partial charge < -0.3 is 10.6 Å². The van der Waals surface area contributed by atoms with E-state index in [0.717, 1.165) is 0 Å². The molecule has 0 fully saturated rings. The molecular weight excluding hydrogens is 252 g/mol. The first kappa shape index (κ1) is 12.3. The van der Waals surface area contributed by atoms with Crippen LogP contribution in [0.2, 0.25) is 5.02 Å². The van der Waals surface area contributed by atoms with E-state index < -0.39 is 0 Å². The molecule has 1 amide bonds. The predicted molar refractivity (Wildman–Crippen MR) is 71.0 cm³/mol. The maximum Gasteiger partial charge on any atom is 0.259 e. The molecule has 0 spiro atoms. The van der Waals surface area contributed by atoms with Gasteiger partial charge in [-0.15, -0.1) is 5.10 Å². The van der Waals surface area contributed by atoms with Crippen molar-refractivity contribution in [2.75, 3.05) is 17.7 Å². The summed E-state index contributed by atoms with van der Waals surface area (Å²) in [7, 11) is 1.74. The largest absolute Gasteiger partial charge is 0.387 e. The van der Waals surface area contributed by atoms with Crippen molar-refractivity contribution in [3.63, 3.8) is 0 Å². The molecule has 0 saturated heterocycles. The molecule has 5 nitrogen and oxygen atoms in total. The molecule has 0 atom stereocenters. The SMILES string of the molecule is CNc1ccc(Cl)cc1C(=O)Nc1cccnn1. The van der Waals surface area contributed by atoms with E-state index in [-0.39, 0.29) is 5.91 Å². The molecule has 1 aromatic carbocycles. The van der Waals surface area contributed by atoms with E-state index in [4.69, 9.17) is 11.6 Å². The number of hydrogen-bond donors (Lipinski definition) is 2. The zero-order valence-corrected chi connectivity index (χ0v) is 10.4. The Labute approximate surface area is 109 Å². The Morgan fingerprint density at radius 2 is 2.17 bits per heavy atom. The first-order valence-corrected chi connectivity index (χ1v) is 5.65. The Morgan fingerprint density at radius 1 is 1.33 bits per heavy atom. The number of halogens is 1. The Morgan fingerprint density at radius 3 is 2.83 bits per heavy atom. The van der Waals surface area contributed by atoms with E-state index in [1.807, 2.05) is 0 Å². The minimum absolute atomic E-state index is 0.289. The number of aromatic nitrogens is 2. The fraction of sp³-hybridized carbons (Fsp3) is 0.0833. The number of rotatable bonds is 3. The number of benzene rings is 1. The zero-order valence-electron chi connectivity index (χ0n) is 9.64. The van der Waals surface area contributed by atoms with Gasteiger partial charge in [-0.2, -0.15) is 5.10 Å². The van der Waals surface area contributed by atoms with Gasteiger partial charge in [-0.05, 0) is 30.3 Å². The molecule has 18 heavy (non-hydrogen) atoms. The molecule has 0 saturated carbocycles. The molecule has 2 aromatic rings. The Hall–Kier alpha value is -2.14. The maximum atomic E-state index is 12.1. The number of nitrogens with one attached hydrogen (secondary N) is 2. The smallest absolute Gasteiger partial charge is 0.259 e. The lowest BCUT2D eigenvalue weighted by molar-refractivity contribution is 0.102. The third-order valence-corrected chi connectivity index (χ3v) is 2.54. The van der Waals surface area contributed by atoms with Gasteiger partial charge in [-0.1, -0.05) is 11.6 Å². The quantitative estimate of drug-likeness (QED) is 0.892. The van der Waals surface area contributed by atoms with Crippen LogP contribution in [0, 0.1) is 0 Å². The summed E-state index contributed by atoms with van der Waals surface area (Å²) in [5.74, 6) is 0.104. The van der Waals surface area contributed by atoms with E-state index in [1.54, 1.807) is 37.4 Å². The summed E-state index contributed by atoms with van der Waals surface area (Å²) >= 11 is 5.89. The number of carbonyl (C=O) groups excluding carboxylic acids is 1. The molecule has 2 N–H and O–H groups in total. The number of hydrogen-bond acceptors (Lipinski definition) is 4. The van der Waals surface area contributed by atoms with Gasteiger partial charge >= 0.3 is 0 Å². The molecule has 0 unspecified atom stereocenters. The van der Waals surface area contributed by atoms with Crippen LogP contribution in [0.1, 0.15) is 10.4 Å².